The lowest BCUT2D eigenvalue weighted by atomic mass is 10.0. The molecule has 124 valence electrons. The van der Waals surface area contributed by atoms with Crippen LogP contribution in [0.1, 0.15) is 25.8 Å². The highest BCUT2D eigenvalue weighted by molar-refractivity contribution is 5.75. The molecule has 1 aromatic rings. The Kier molecular flexibility index (Phi) is 6.16. The number of halogens is 3. The fourth-order valence-electron chi connectivity index (χ4n) is 1.78. The molecule has 0 aromatic carbocycles. The van der Waals surface area contributed by atoms with Gasteiger partial charge in [0.1, 0.15) is 12.1 Å². The highest BCUT2D eigenvalue weighted by Gasteiger charge is 2.34. The van der Waals surface area contributed by atoms with E-state index in [-0.39, 0.29) is 12.5 Å². The summed E-state index contributed by atoms with van der Waals surface area (Å²) in [7, 11) is 0. The molecule has 1 aromatic heterocycles. The molecule has 1 atom stereocenters. The zero-order valence-corrected chi connectivity index (χ0v) is 12.4. The minimum atomic E-state index is -4.75. The summed E-state index contributed by atoms with van der Waals surface area (Å²) in [4.78, 5) is 23.3. The maximum absolute atomic E-state index is 12.6. The summed E-state index contributed by atoms with van der Waals surface area (Å²) >= 11 is 0. The number of carbonyl (C=O) groups is 1. The van der Waals surface area contributed by atoms with E-state index in [0.29, 0.717) is 17.1 Å². The Hall–Kier alpha value is -1.83. The number of rotatable bonds is 6. The number of hydrogen-bond acceptors (Lipinski definition) is 3. The molecule has 0 radical (unpaired) electrons. The summed E-state index contributed by atoms with van der Waals surface area (Å²) in [6.45, 7) is 3.34. The zero-order chi connectivity index (χ0) is 16.9. The monoisotopic (exact) mass is 320 g/mol. The topological polar surface area (TPSA) is 71.3 Å². The average Bonchev–Trinajstić information content (AvgIpc) is 2.39. The largest absolute Gasteiger partial charge is 0.421 e. The molecule has 8 heteroatoms. The van der Waals surface area contributed by atoms with Crippen molar-refractivity contribution in [3.63, 3.8) is 0 Å². The van der Waals surface area contributed by atoms with Gasteiger partial charge in [0.2, 0.25) is 5.91 Å². The smallest absolute Gasteiger partial charge is 0.393 e. The third-order valence-electron chi connectivity index (χ3n) is 3.17. The average molecular weight is 320 g/mol. The van der Waals surface area contributed by atoms with E-state index in [2.05, 4.69) is 5.32 Å². The summed E-state index contributed by atoms with van der Waals surface area (Å²) < 4.78 is 38.5. The van der Waals surface area contributed by atoms with Crippen LogP contribution in [0.2, 0.25) is 0 Å². The van der Waals surface area contributed by atoms with E-state index in [9.17, 15) is 27.9 Å². The first-order chi connectivity index (χ1) is 10.1. The Bertz CT molecular complexity index is 567. The highest BCUT2D eigenvalue weighted by Crippen LogP contribution is 2.25. The van der Waals surface area contributed by atoms with Crippen LogP contribution in [0.3, 0.4) is 0 Å². The van der Waals surface area contributed by atoms with Gasteiger partial charge in [0.15, 0.2) is 0 Å². The predicted octanol–water partition coefficient (Wildman–Crippen LogP) is 1.39. The van der Waals surface area contributed by atoms with E-state index in [4.69, 9.17) is 0 Å². The predicted molar refractivity (Wildman–Crippen MR) is 74.2 cm³/mol. The molecular formula is C14H19F3N2O3. The SMILES string of the molecule is CC(C)C(O)CCNC(=O)Cn1cccc(C(F)(F)F)c1=O. The Morgan fingerprint density at radius 3 is 2.59 bits per heavy atom. The van der Waals surface area contributed by atoms with E-state index in [1.807, 2.05) is 13.8 Å². The molecule has 2 N–H and O–H groups in total. The number of amides is 1. The molecule has 22 heavy (non-hydrogen) atoms. The van der Waals surface area contributed by atoms with E-state index < -0.39 is 35.9 Å². The first-order valence-electron chi connectivity index (χ1n) is 6.84. The normalized spacial score (nSPS) is 13.2. The van der Waals surface area contributed by atoms with Crippen LogP contribution in [0.4, 0.5) is 13.2 Å². The van der Waals surface area contributed by atoms with Crippen LogP contribution in [-0.4, -0.2) is 28.2 Å². The Morgan fingerprint density at radius 2 is 2.05 bits per heavy atom. The van der Waals surface area contributed by atoms with Crippen LogP contribution in [0.25, 0.3) is 0 Å². The van der Waals surface area contributed by atoms with Gasteiger partial charge in [0, 0.05) is 12.7 Å². The van der Waals surface area contributed by atoms with E-state index in [1.54, 1.807) is 0 Å². The Labute approximate surface area is 125 Å². The number of pyridine rings is 1. The number of hydrogen-bond donors (Lipinski definition) is 2. The lowest BCUT2D eigenvalue weighted by Crippen LogP contribution is -2.36. The second-order valence-corrected chi connectivity index (χ2v) is 5.30. The van der Waals surface area contributed by atoms with Gasteiger partial charge in [-0.2, -0.15) is 13.2 Å². The molecule has 1 rings (SSSR count). The van der Waals surface area contributed by atoms with Crippen molar-refractivity contribution < 1.29 is 23.1 Å². The van der Waals surface area contributed by atoms with Crippen molar-refractivity contribution in [1.82, 2.24) is 9.88 Å². The van der Waals surface area contributed by atoms with Crippen molar-refractivity contribution in [2.75, 3.05) is 6.54 Å². The van der Waals surface area contributed by atoms with Crippen LogP contribution >= 0.6 is 0 Å². The molecule has 0 fully saturated rings. The fraction of sp³-hybridized carbons (Fsp3) is 0.571. The van der Waals surface area contributed by atoms with E-state index in [1.165, 1.54) is 0 Å². The second kappa shape index (κ2) is 7.44. The molecule has 1 amide bonds. The Balaban J connectivity index is 2.64. The summed E-state index contributed by atoms with van der Waals surface area (Å²) in [5.74, 6) is -0.541. The summed E-state index contributed by atoms with van der Waals surface area (Å²) in [6, 6.07) is 1.75. The van der Waals surface area contributed by atoms with Crippen LogP contribution in [0.5, 0.6) is 0 Å². The summed E-state index contributed by atoms with van der Waals surface area (Å²) in [5, 5.41) is 12.0. The second-order valence-electron chi connectivity index (χ2n) is 5.30. The first kappa shape index (κ1) is 18.2. The third kappa shape index (κ3) is 5.18. The van der Waals surface area contributed by atoms with Gasteiger partial charge >= 0.3 is 6.18 Å². The fourth-order valence-corrected chi connectivity index (χ4v) is 1.78. The van der Waals surface area contributed by atoms with Gasteiger partial charge in [0.25, 0.3) is 5.56 Å². The van der Waals surface area contributed by atoms with Gasteiger partial charge in [-0.3, -0.25) is 9.59 Å². The quantitative estimate of drug-likeness (QED) is 0.832. The lowest BCUT2D eigenvalue weighted by Gasteiger charge is -2.15. The molecule has 0 bridgehead atoms. The highest BCUT2D eigenvalue weighted by atomic mass is 19.4. The number of aliphatic hydroxyl groups is 1. The van der Waals surface area contributed by atoms with Crippen molar-refractivity contribution in [3.8, 4) is 0 Å². The lowest BCUT2D eigenvalue weighted by molar-refractivity contribution is -0.139. The maximum atomic E-state index is 12.6. The van der Waals surface area contributed by atoms with Gasteiger partial charge in [-0.05, 0) is 24.5 Å². The molecule has 0 saturated carbocycles. The molecule has 1 unspecified atom stereocenters. The number of carbonyl (C=O) groups excluding carboxylic acids is 1. The third-order valence-corrected chi connectivity index (χ3v) is 3.17. The molecule has 0 saturated heterocycles. The number of aromatic nitrogens is 1. The van der Waals surface area contributed by atoms with Crippen LogP contribution < -0.4 is 10.9 Å². The summed E-state index contributed by atoms with van der Waals surface area (Å²) in [5.41, 5.74) is -2.56. The molecule has 0 aliphatic carbocycles. The van der Waals surface area contributed by atoms with Gasteiger partial charge < -0.3 is 15.0 Å². The first-order valence-corrected chi connectivity index (χ1v) is 6.84. The number of aliphatic hydroxyl groups excluding tert-OH is 1. The standard InChI is InChI=1S/C14H19F3N2O3/c1-9(2)11(20)5-6-18-12(21)8-19-7-3-4-10(13(19)22)14(15,16)17/h3-4,7,9,11,20H,5-6,8H2,1-2H3,(H,18,21). The number of alkyl halides is 3. The molecule has 0 aliphatic heterocycles. The van der Waals surface area contributed by atoms with Crippen molar-refractivity contribution in [1.29, 1.82) is 0 Å². The van der Waals surface area contributed by atoms with E-state index >= 15 is 0 Å². The van der Waals surface area contributed by atoms with Gasteiger partial charge in [-0.15, -0.1) is 0 Å². The molecular weight excluding hydrogens is 301 g/mol. The van der Waals surface area contributed by atoms with Gasteiger partial charge in [0.05, 0.1) is 6.10 Å². The van der Waals surface area contributed by atoms with Crippen LogP contribution in [-0.2, 0) is 17.5 Å². The molecule has 0 spiro atoms. The van der Waals surface area contributed by atoms with Crippen molar-refractivity contribution in [3.05, 3.63) is 34.2 Å². The number of nitrogens with one attached hydrogen (secondary N) is 1. The minimum Gasteiger partial charge on any atom is -0.393 e. The molecule has 5 nitrogen and oxygen atoms in total. The number of nitrogens with zero attached hydrogens (tertiary/aromatic N) is 1. The van der Waals surface area contributed by atoms with Crippen molar-refractivity contribution in [2.24, 2.45) is 5.92 Å². The van der Waals surface area contributed by atoms with Crippen LogP contribution in [0.15, 0.2) is 23.1 Å². The summed E-state index contributed by atoms with van der Waals surface area (Å²) in [6.07, 6.45) is -3.87. The molecule has 1 heterocycles. The Morgan fingerprint density at radius 1 is 1.41 bits per heavy atom. The van der Waals surface area contributed by atoms with Gasteiger partial charge in [-0.25, -0.2) is 0 Å². The van der Waals surface area contributed by atoms with Crippen molar-refractivity contribution >= 4 is 5.91 Å². The minimum absolute atomic E-state index is 0.0444. The van der Waals surface area contributed by atoms with Crippen LogP contribution in [0, 0.1) is 5.92 Å². The zero-order valence-electron chi connectivity index (χ0n) is 12.4. The van der Waals surface area contributed by atoms with E-state index in [0.717, 1.165) is 12.3 Å². The van der Waals surface area contributed by atoms with Gasteiger partial charge in [-0.1, -0.05) is 13.8 Å². The van der Waals surface area contributed by atoms with Crippen molar-refractivity contribution in [2.45, 2.75) is 39.1 Å². The maximum Gasteiger partial charge on any atom is 0.421 e. The molecule has 0 aliphatic rings.